The van der Waals surface area contributed by atoms with Gasteiger partial charge in [-0.2, -0.15) is 0 Å². The van der Waals surface area contributed by atoms with Crippen molar-refractivity contribution in [3.8, 4) is 0 Å². The molecule has 3 heteroatoms. The quantitative estimate of drug-likeness (QED) is 0.750. The van der Waals surface area contributed by atoms with E-state index < -0.39 is 5.67 Å². The molecule has 0 N–H and O–H groups in total. The molecular weight excluding hydrogens is 247 g/mol. The summed E-state index contributed by atoms with van der Waals surface area (Å²) in [6, 6.07) is 7.48. The Hall–Kier alpha value is -0.410. The Morgan fingerprint density at radius 1 is 1.29 bits per heavy atom. The fraction of sp³-hybridized carbons (Fsp3) is 0.455. The summed E-state index contributed by atoms with van der Waals surface area (Å²) in [7, 11) is 0. The molecule has 1 aromatic carbocycles. The van der Waals surface area contributed by atoms with E-state index >= 15 is 0 Å². The Morgan fingerprint density at radius 2 is 2.00 bits per heavy atom. The first-order valence-corrected chi connectivity index (χ1v) is 5.53. The number of ether oxygens (including phenoxy) is 1. The lowest BCUT2D eigenvalue weighted by Gasteiger charge is -2.29. The zero-order chi connectivity index (χ0) is 10.0. The van der Waals surface area contributed by atoms with Crippen molar-refractivity contribution in [2.75, 3.05) is 13.2 Å². The van der Waals surface area contributed by atoms with Gasteiger partial charge in [0.15, 0.2) is 0 Å². The van der Waals surface area contributed by atoms with Crippen LogP contribution in [0.15, 0.2) is 28.7 Å². The zero-order valence-electron chi connectivity index (χ0n) is 7.80. The van der Waals surface area contributed by atoms with Gasteiger partial charge in [-0.1, -0.05) is 28.1 Å². The van der Waals surface area contributed by atoms with Crippen LogP contribution < -0.4 is 0 Å². The molecule has 2 rings (SSSR count). The Balaban J connectivity index is 2.28. The van der Waals surface area contributed by atoms with E-state index in [0.717, 1.165) is 10.0 Å². The molecule has 0 aliphatic carbocycles. The van der Waals surface area contributed by atoms with Crippen LogP contribution in [0.5, 0.6) is 0 Å². The Morgan fingerprint density at radius 3 is 2.64 bits per heavy atom. The summed E-state index contributed by atoms with van der Waals surface area (Å²) in [6.45, 7) is 1.03. The van der Waals surface area contributed by atoms with Crippen LogP contribution in [-0.2, 0) is 10.4 Å². The Bertz CT molecular complexity index is 321. The SMILES string of the molecule is FC1(c2cccc(Br)c2)CCOCC1. The van der Waals surface area contributed by atoms with Crippen LogP contribution in [-0.4, -0.2) is 13.2 Å². The molecule has 1 saturated heterocycles. The summed E-state index contributed by atoms with van der Waals surface area (Å²) in [6.07, 6.45) is 0.924. The summed E-state index contributed by atoms with van der Waals surface area (Å²) in [5.74, 6) is 0. The second-order valence-corrected chi connectivity index (χ2v) is 4.50. The topological polar surface area (TPSA) is 9.23 Å². The summed E-state index contributed by atoms with van der Waals surface area (Å²) >= 11 is 3.35. The third kappa shape index (κ3) is 1.98. The maximum absolute atomic E-state index is 14.4. The molecule has 0 unspecified atom stereocenters. The molecule has 1 aliphatic rings. The highest BCUT2D eigenvalue weighted by Crippen LogP contribution is 2.36. The molecule has 0 bridgehead atoms. The van der Waals surface area contributed by atoms with E-state index in [4.69, 9.17) is 4.74 Å². The predicted molar refractivity (Wildman–Crippen MR) is 57.0 cm³/mol. The van der Waals surface area contributed by atoms with Crippen molar-refractivity contribution in [1.29, 1.82) is 0 Å². The van der Waals surface area contributed by atoms with Crippen LogP contribution in [0.4, 0.5) is 4.39 Å². The average molecular weight is 259 g/mol. The zero-order valence-corrected chi connectivity index (χ0v) is 9.39. The van der Waals surface area contributed by atoms with Crippen molar-refractivity contribution >= 4 is 15.9 Å². The third-order valence-corrected chi connectivity index (χ3v) is 3.12. The number of rotatable bonds is 1. The second-order valence-electron chi connectivity index (χ2n) is 3.59. The molecule has 0 saturated carbocycles. The van der Waals surface area contributed by atoms with E-state index in [1.54, 1.807) is 0 Å². The van der Waals surface area contributed by atoms with E-state index in [1.165, 1.54) is 0 Å². The highest BCUT2D eigenvalue weighted by atomic mass is 79.9. The van der Waals surface area contributed by atoms with Crippen LogP contribution >= 0.6 is 15.9 Å². The summed E-state index contributed by atoms with van der Waals surface area (Å²) in [5, 5.41) is 0. The van der Waals surface area contributed by atoms with Crippen LogP contribution in [0.2, 0.25) is 0 Å². The maximum atomic E-state index is 14.4. The Kier molecular flexibility index (Phi) is 2.88. The summed E-state index contributed by atoms with van der Waals surface area (Å²) in [4.78, 5) is 0. The minimum Gasteiger partial charge on any atom is -0.381 e. The van der Waals surface area contributed by atoms with Crippen molar-refractivity contribution in [3.63, 3.8) is 0 Å². The van der Waals surface area contributed by atoms with E-state index in [1.807, 2.05) is 24.3 Å². The number of hydrogen-bond donors (Lipinski definition) is 0. The Labute approximate surface area is 91.4 Å². The highest BCUT2D eigenvalue weighted by molar-refractivity contribution is 9.10. The standard InChI is InChI=1S/C11H12BrFO/c12-10-3-1-2-9(8-10)11(13)4-6-14-7-5-11/h1-3,8H,4-7H2. The molecule has 0 amide bonds. The van der Waals surface area contributed by atoms with Gasteiger partial charge in [-0.3, -0.25) is 0 Å². The van der Waals surface area contributed by atoms with Gasteiger partial charge in [-0.25, -0.2) is 4.39 Å². The maximum Gasteiger partial charge on any atom is 0.140 e. The van der Waals surface area contributed by atoms with Gasteiger partial charge in [0.05, 0.1) is 0 Å². The molecule has 0 atom stereocenters. The largest absolute Gasteiger partial charge is 0.381 e. The molecule has 0 aromatic heterocycles. The monoisotopic (exact) mass is 258 g/mol. The van der Waals surface area contributed by atoms with Crippen LogP contribution in [0.3, 0.4) is 0 Å². The molecule has 1 nitrogen and oxygen atoms in total. The van der Waals surface area contributed by atoms with Crippen molar-refractivity contribution in [3.05, 3.63) is 34.3 Å². The van der Waals surface area contributed by atoms with Crippen molar-refractivity contribution in [2.24, 2.45) is 0 Å². The van der Waals surface area contributed by atoms with E-state index in [-0.39, 0.29) is 0 Å². The van der Waals surface area contributed by atoms with E-state index in [2.05, 4.69) is 15.9 Å². The average Bonchev–Trinajstić information content (AvgIpc) is 2.19. The van der Waals surface area contributed by atoms with Gasteiger partial charge in [-0.05, 0) is 17.7 Å². The third-order valence-electron chi connectivity index (χ3n) is 2.63. The van der Waals surface area contributed by atoms with Gasteiger partial charge in [-0.15, -0.1) is 0 Å². The van der Waals surface area contributed by atoms with Crippen molar-refractivity contribution in [1.82, 2.24) is 0 Å². The fourth-order valence-electron chi connectivity index (χ4n) is 1.75. The number of benzene rings is 1. The van der Waals surface area contributed by atoms with Gasteiger partial charge in [0.25, 0.3) is 0 Å². The van der Waals surface area contributed by atoms with Crippen molar-refractivity contribution < 1.29 is 9.13 Å². The number of alkyl halides is 1. The van der Waals surface area contributed by atoms with Crippen molar-refractivity contribution in [2.45, 2.75) is 18.5 Å². The second kappa shape index (κ2) is 3.99. The van der Waals surface area contributed by atoms with Crippen LogP contribution in [0.1, 0.15) is 18.4 Å². The first-order chi connectivity index (χ1) is 6.71. The van der Waals surface area contributed by atoms with E-state index in [0.29, 0.717) is 26.1 Å². The van der Waals surface area contributed by atoms with E-state index in [9.17, 15) is 4.39 Å². The predicted octanol–water partition coefficient (Wildman–Crippen LogP) is 3.42. The highest BCUT2D eigenvalue weighted by Gasteiger charge is 2.34. The summed E-state index contributed by atoms with van der Waals surface area (Å²) < 4.78 is 20.5. The molecule has 76 valence electrons. The minimum atomic E-state index is -1.19. The molecule has 14 heavy (non-hydrogen) atoms. The lowest BCUT2D eigenvalue weighted by molar-refractivity contribution is -0.0115. The molecule has 1 aliphatic heterocycles. The van der Waals surface area contributed by atoms with Crippen LogP contribution in [0.25, 0.3) is 0 Å². The van der Waals surface area contributed by atoms with Gasteiger partial charge in [0, 0.05) is 30.5 Å². The first-order valence-electron chi connectivity index (χ1n) is 4.73. The first kappa shape index (κ1) is 10.1. The smallest absolute Gasteiger partial charge is 0.140 e. The molecule has 1 fully saturated rings. The number of hydrogen-bond acceptors (Lipinski definition) is 1. The molecule has 0 radical (unpaired) electrons. The van der Waals surface area contributed by atoms with Gasteiger partial charge >= 0.3 is 0 Å². The molecule has 1 heterocycles. The normalized spacial score (nSPS) is 20.7. The van der Waals surface area contributed by atoms with Gasteiger partial charge in [0.2, 0.25) is 0 Å². The lowest BCUT2D eigenvalue weighted by Crippen LogP contribution is -2.29. The minimum absolute atomic E-state index is 0.462. The lowest BCUT2D eigenvalue weighted by atomic mass is 9.88. The van der Waals surface area contributed by atoms with Gasteiger partial charge < -0.3 is 4.74 Å². The fourth-order valence-corrected chi connectivity index (χ4v) is 2.15. The van der Waals surface area contributed by atoms with Gasteiger partial charge in [0.1, 0.15) is 5.67 Å². The summed E-state index contributed by atoms with van der Waals surface area (Å²) in [5.41, 5.74) is -0.433. The molecule has 0 spiro atoms. The molecule has 1 aromatic rings. The van der Waals surface area contributed by atoms with Crippen LogP contribution in [0, 0.1) is 0 Å². The molecular formula is C11H12BrFO. The number of halogens is 2.